The van der Waals surface area contributed by atoms with Crippen LogP contribution < -0.4 is 5.32 Å². The van der Waals surface area contributed by atoms with Crippen LogP contribution in [-0.4, -0.2) is 6.54 Å². The Labute approximate surface area is 128 Å². The predicted octanol–water partition coefficient (Wildman–Crippen LogP) is 5.66. The van der Waals surface area contributed by atoms with Gasteiger partial charge in [0, 0.05) is 26.4 Å². The van der Waals surface area contributed by atoms with E-state index in [9.17, 15) is 4.39 Å². The third kappa shape index (κ3) is 3.60. The van der Waals surface area contributed by atoms with Gasteiger partial charge in [-0.25, -0.2) is 4.39 Å². The van der Waals surface area contributed by atoms with Crippen LogP contribution in [0.25, 0.3) is 10.4 Å². The molecule has 1 nitrogen and oxygen atoms in total. The Hall–Kier alpha value is -0.900. The van der Waals surface area contributed by atoms with Gasteiger partial charge in [0.2, 0.25) is 0 Å². The number of thiophene rings is 1. The van der Waals surface area contributed by atoms with Crippen LogP contribution in [0.3, 0.4) is 0 Å². The Bertz CT molecular complexity index is 561. The maximum Gasteiger partial charge on any atom is 0.133 e. The third-order valence-electron chi connectivity index (χ3n) is 3.19. The molecule has 0 aliphatic heterocycles. The molecule has 20 heavy (non-hydrogen) atoms. The molecule has 4 heteroatoms. The topological polar surface area (TPSA) is 12.0 Å². The fraction of sp³-hybridized carbons (Fsp3) is 0.375. The van der Waals surface area contributed by atoms with E-state index < -0.39 is 0 Å². The van der Waals surface area contributed by atoms with Crippen LogP contribution in [0.15, 0.2) is 30.3 Å². The maximum atomic E-state index is 13.9. The third-order valence-corrected chi connectivity index (χ3v) is 4.66. The highest BCUT2D eigenvalue weighted by Gasteiger charge is 2.14. The summed E-state index contributed by atoms with van der Waals surface area (Å²) in [6, 6.07) is 9.29. The Kier molecular flexibility index (Phi) is 5.58. The minimum Gasteiger partial charge on any atom is -0.310 e. The van der Waals surface area contributed by atoms with E-state index in [1.807, 2.05) is 6.07 Å². The zero-order valence-electron chi connectivity index (χ0n) is 11.7. The molecular weight excluding hydrogens is 293 g/mol. The SMILES string of the molecule is CCCC(NCC)c1ccc(-c2ccc(Cl)cc2F)s1. The minimum absolute atomic E-state index is 0.263. The Morgan fingerprint density at radius 3 is 2.70 bits per heavy atom. The lowest BCUT2D eigenvalue weighted by molar-refractivity contribution is 0.516. The molecule has 2 aromatic rings. The van der Waals surface area contributed by atoms with Gasteiger partial charge in [0.25, 0.3) is 0 Å². The smallest absolute Gasteiger partial charge is 0.133 e. The second kappa shape index (κ2) is 7.21. The van der Waals surface area contributed by atoms with E-state index in [2.05, 4.69) is 25.2 Å². The summed E-state index contributed by atoms with van der Waals surface area (Å²) in [5.41, 5.74) is 0.623. The van der Waals surface area contributed by atoms with E-state index >= 15 is 0 Å². The van der Waals surface area contributed by atoms with Gasteiger partial charge in [-0.3, -0.25) is 0 Å². The van der Waals surface area contributed by atoms with Crippen LogP contribution in [0.5, 0.6) is 0 Å². The van der Waals surface area contributed by atoms with Gasteiger partial charge in [0.05, 0.1) is 0 Å². The van der Waals surface area contributed by atoms with Crippen LogP contribution in [0.2, 0.25) is 5.02 Å². The number of hydrogen-bond acceptors (Lipinski definition) is 2. The van der Waals surface area contributed by atoms with Crippen molar-refractivity contribution < 1.29 is 4.39 Å². The quantitative estimate of drug-likeness (QED) is 0.726. The van der Waals surface area contributed by atoms with E-state index in [0.717, 1.165) is 24.3 Å². The molecule has 2 rings (SSSR count). The number of benzene rings is 1. The lowest BCUT2D eigenvalue weighted by Crippen LogP contribution is -2.19. The summed E-state index contributed by atoms with van der Waals surface area (Å²) in [6.45, 7) is 5.22. The van der Waals surface area contributed by atoms with Gasteiger partial charge >= 0.3 is 0 Å². The molecule has 0 fully saturated rings. The average Bonchev–Trinajstić information content (AvgIpc) is 2.88. The first-order chi connectivity index (χ1) is 9.65. The molecule has 0 amide bonds. The molecule has 1 unspecified atom stereocenters. The van der Waals surface area contributed by atoms with Crippen LogP contribution in [0, 0.1) is 5.82 Å². The molecule has 0 saturated heterocycles. The normalized spacial score (nSPS) is 12.6. The Balaban J connectivity index is 2.27. The van der Waals surface area contributed by atoms with Crippen LogP contribution in [-0.2, 0) is 0 Å². The first-order valence-electron chi connectivity index (χ1n) is 6.94. The van der Waals surface area contributed by atoms with Gasteiger partial charge < -0.3 is 5.32 Å². The molecule has 1 aromatic carbocycles. The molecule has 0 saturated carbocycles. The van der Waals surface area contributed by atoms with E-state index in [0.29, 0.717) is 16.6 Å². The highest BCUT2D eigenvalue weighted by Crippen LogP contribution is 2.35. The fourth-order valence-electron chi connectivity index (χ4n) is 2.25. The first kappa shape index (κ1) is 15.5. The molecule has 0 bridgehead atoms. The standard InChI is InChI=1S/C16H19ClFNS/c1-3-5-14(19-4-2)16-9-8-15(20-16)12-7-6-11(17)10-13(12)18/h6-10,14,19H,3-5H2,1-2H3. The number of rotatable bonds is 6. The second-order valence-corrected chi connectivity index (χ2v) is 6.28. The molecule has 1 N–H and O–H groups in total. The van der Waals surface area contributed by atoms with Gasteiger partial charge in [0.15, 0.2) is 0 Å². The zero-order valence-corrected chi connectivity index (χ0v) is 13.3. The Morgan fingerprint density at radius 2 is 2.05 bits per heavy atom. The monoisotopic (exact) mass is 311 g/mol. The average molecular weight is 312 g/mol. The number of hydrogen-bond donors (Lipinski definition) is 1. The molecule has 1 heterocycles. The molecule has 1 atom stereocenters. The minimum atomic E-state index is -0.263. The summed E-state index contributed by atoms with van der Waals surface area (Å²) in [7, 11) is 0. The summed E-state index contributed by atoms with van der Waals surface area (Å²) >= 11 is 7.44. The van der Waals surface area contributed by atoms with E-state index in [4.69, 9.17) is 11.6 Å². The van der Waals surface area contributed by atoms with Crippen molar-refractivity contribution in [2.45, 2.75) is 32.7 Å². The first-order valence-corrected chi connectivity index (χ1v) is 8.13. The number of halogens is 2. The van der Waals surface area contributed by atoms with Crippen molar-refractivity contribution in [3.63, 3.8) is 0 Å². The van der Waals surface area contributed by atoms with E-state index in [-0.39, 0.29) is 5.82 Å². The van der Waals surface area contributed by atoms with Gasteiger partial charge in [-0.2, -0.15) is 0 Å². The van der Waals surface area contributed by atoms with Gasteiger partial charge in [-0.15, -0.1) is 11.3 Å². The van der Waals surface area contributed by atoms with E-state index in [1.54, 1.807) is 23.5 Å². The second-order valence-electron chi connectivity index (χ2n) is 4.73. The molecule has 0 aliphatic rings. The van der Waals surface area contributed by atoms with E-state index in [1.165, 1.54) is 10.9 Å². The van der Waals surface area contributed by atoms with Gasteiger partial charge in [-0.1, -0.05) is 31.9 Å². The highest BCUT2D eigenvalue weighted by atomic mass is 35.5. The lowest BCUT2D eigenvalue weighted by Gasteiger charge is -2.15. The summed E-state index contributed by atoms with van der Waals surface area (Å²) < 4.78 is 13.9. The maximum absolute atomic E-state index is 13.9. The van der Waals surface area contributed by atoms with Gasteiger partial charge in [0.1, 0.15) is 5.82 Å². The highest BCUT2D eigenvalue weighted by molar-refractivity contribution is 7.15. The molecule has 1 aromatic heterocycles. The van der Waals surface area contributed by atoms with Crippen molar-refractivity contribution in [2.75, 3.05) is 6.54 Å². The van der Waals surface area contributed by atoms with Crippen LogP contribution in [0.1, 0.15) is 37.6 Å². The van der Waals surface area contributed by atoms with Crippen molar-refractivity contribution >= 4 is 22.9 Å². The van der Waals surface area contributed by atoms with Crippen molar-refractivity contribution in [1.29, 1.82) is 0 Å². The van der Waals surface area contributed by atoms with Crippen molar-refractivity contribution in [2.24, 2.45) is 0 Å². The predicted molar refractivity (Wildman–Crippen MR) is 86.0 cm³/mol. The summed E-state index contributed by atoms with van der Waals surface area (Å²) in [4.78, 5) is 2.21. The zero-order chi connectivity index (χ0) is 14.5. The van der Waals surface area contributed by atoms with Crippen molar-refractivity contribution in [3.05, 3.63) is 46.0 Å². The molecule has 108 valence electrons. The lowest BCUT2D eigenvalue weighted by atomic mass is 10.1. The van der Waals surface area contributed by atoms with Crippen LogP contribution in [0.4, 0.5) is 4.39 Å². The molecule has 0 aliphatic carbocycles. The van der Waals surface area contributed by atoms with Crippen molar-refractivity contribution in [3.8, 4) is 10.4 Å². The fourth-order valence-corrected chi connectivity index (χ4v) is 3.56. The number of nitrogens with one attached hydrogen (secondary N) is 1. The summed E-state index contributed by atoms with van der Waals surface area (Å²) in [6.07, 6.45) is 2.22. The Morgan fingerprint density at radius 1 is 1.25 bits per heavy atom. The summed E-state index contributed by atoms with van der Waals surface area (Å²) in [5.74, 6) is -0.263. The van der Waals surface area contributed by atoms with Gasteiger partial charge in [-0.05, 0) is 43.3 Å². The summed E-state index contributed by atoms with van der Waals surface area (Å²) in [5, 5.41) is 3.91. The molecule has 0 radical (unpaired) electrons. The molecular formula is C16H19ClFNS. The van der Waals surface area contributed by atoms with Crippen molar-refractivity contribution in [1.82, 2.24) is 5.32 Å². The largest absolute Gasteiger partial charge is 0.310 e. The molecule has 0 spiro atoms. The van der Waals surface area contributed by atoms with Crippen LogP contribution >= 0.6 is 22.9 Å².